The summed E-state index contributed by atoms with van der Waals surface area (Å²) in [5.41, 5.74) is 3.56. The van der Waals surface area contributed by atoms with E-state index < -0.39 is 5.91 Å². The molecule has 25 heavy (non-hydrogen) atoms. The van der Waals surface area contributed by atoms with Crippen molar-refractivity contribution in [3.63, 3.8) is 0 Å². The van der Waals surface area contributed by atoms with Crippen LogP contribution in [0.5, 0.6) is 5.75 Å². The zero-order valence-corrected chi connectivity index (χ0v) is 14.2. The number of aromatic hydroxyl groups is 1. The smallest absolute Gasteiger partial charge is 0.267 e. The van der Waals surface area contributed by atoms with Crippen LogP contribution in [0.25, 0.3) is 0 Å². The van der Waals surface area contributed by atoms with Crippen molar-refractivity contribution in [3.8, 4) is 11.8 Å². The minimum atomic E-state index is -0.465. The third-order valence-corrected chi connectivity index (χ3v) is 4.35. The van der Waals surface area contributed by atoms with Gasteiger partial charge in [-0.25, -0.2) is 0 Å². The maximum absolute atomic E-state index is 12.5. The minimum Gasteiger partial charge on any atom is -0.508 e. The SMILES string of the molecule is Cc1cc(O)ccc1NC(=O)/C(C#N)=C\N1c2ccccc2CC1C. The third-order valence-electron chi connectivity index (χ3n) is 4.35. The second-order valence-corrected chi connectivity index (χ2v) is 6.20. The van der Waals surface area contributed by atoms with Crippen LogP contribution in [-0.2, 0) is 11.2 Å². The zero-order valence-electron chi connectivity index (χ0n) is 14.2. The Balaban J connectivity index is 1.86. The van der Waals surface area contributed by atoms with Gasteiger partial charge in [0.1, 0.15) is 17.4 Å². The van der Waals surface area contributed by atoms with Gasteiger partial charge in [0.05, 0.1) is 0 Å². The second kappa shape index (κ2) is 6.70. The molecular weight excluding hydrogens is 314 g/mol. The Morgan fingerprint density at radius 1 is 1.36 bits per heavy atom. The number of anilines is 2. The van der Waals surface area contributed by atoms with E-state index >= 15 is 0 Å². The van der Waals surface area contributed by atoms with E-state index in [1.54, 1.807) is 25.3 Å². The monoisotopic (exact) mass is 333 g/mol. The number of phenols is 1. The molecule has 0 radical (unpaired) electrons. The van der Waals surface area contributed by atoms with E-state index in [2.05, 4.69) is 18.3 Å². The van der Waals surface area contributed by atoms with Gasteiger partial charge in [-0.05, 0) is 55.7 Å². The maximum atomic E-state index is 12.5. The predicted molar refractivity (Wildman–Crippen MR) is 97.3 cm³/mol. The number of carbonyl (C=O) groups is 1. The molecule has 0 saturated carbocycles. The topological polar surface area (TPSA) is 76.4 Å². The first kappa shape index (κ1) is 16.6. The summed E-state index contributed by atoms with van der Waals surface area (Å²) in [5.74, 6) is -0.332. The lowest BCUT2D eigenvalue weighted by atomic mass is 10.1. The summed E-state index contributed by atoms with van der Waals surface area (Å²) >= 11 is 0. The van der Waals surface area contributed by atoms with Crippen molar-refractivity contribution in [2.45, 2.75) is 26.3 Å². The lowest BCUT2D eigenvalue weighted by Gasteiger charge is -2.20. The van der Waals surface area contributed by atoms with Crippen LogP contribution in [0.2, 0.25) is 0 Å². The van der Waals surface area contributed by atoms with E-state index in [1.165, 1.54) is 11.6 Å². The quantitative estimate of drug-likeness (QED) is 0.512. The Hall–Kier alpha value is -3.26. The molecule has 1 amide bonds. The molecule has 5 nitrogen and oxygen atoms in total. The highest BCUT2D eigenvalue weighted by molar-refractivity contribution is 6.07. The van der Waals surface area contributed by atoms with E-state index in [4.69, 9.17) is 0 Å². The molecule has 5 heteroatoms. The lowest BCUT2D eigenvalue weighted by molar-refractivity contribution is -0.112. The molecule has 3 rings (SSSR count). The van der Waals surface area contributed by atoms with E-state index in [9.17, 15) is 15.2 Å². The van der Waals surface area contributed by atoms with Gasteiger partial charge in [0.25, 0.3) is 5.91 Å². The van der Waals surface area contributed by atoms with Crippen LogP contribution < -0.4 is 10.2 Å². The molecule has 0 bridgehead atoms. The number of fused-ring (bicyclic) bond motifs is 1. The Morgan fingerprint density at radius 3 is 2.84 bits per heavy atom. The highest BCUT2D eigenvalue weighted by Crippen LogP contribution is 2.32. The van der Waals surface area contributed by atoms with Gasteiger partial charge in [-0.2, -0.15) is 5.26 Å². The molecule has 1 unspecified atom stereocenters. The highest BCUT2D eigenvalue weighted by atomic mass is 16.3. The van der Waals surface area contributed by atoms with Crippen LogP contribution in [0.3, 0.4) is 0 Å². The summed E-state index contributed by atoms with van der Waals surface area (Å²) in [7, 11) is 0. The number of benzene rings is 2. The van der Waals surface area contributed by atoms with Crippen LogP contribution in [-0.4, -0.2) is 17.1 Å². The number of rotatable bonds is 3. The number of nitriles is 1. The highest BCUT2D eigenvalue weighted by Gasteiger charge is 2.25. The molecule has 1 heterocycles. The molecule has 0 aliphatic carbocycles. The van der Waals surface area contributed by atoms with Crippen LogP contribution in [0.4, 0.5) is 11.4 Å². The zero-order chi connectivity index (χ0) is 18.0. The Kier molecular flexibility index (Phi) is 4.44. The summed E-state index contributed by atoms with van der Waals surface area (Å²) in [6.07, 6.45) is 2.49. The normalized spacial score (nSPS) is 16.3. The first-order chi connectivity index (χ1) is 12.0. The number of hydrogen-bond acceptors (Lipinski definition) is 4. The number of nitrogens with zero attached hydrogens (tertiary/aromatic N) is 2. The predicted octanol–water partition coefficient (Wildman–Crippen LogP) is 3.50. The average Bonchev–Trinajstić information content (AvgIpc) is 2.90. The minimum absolute atomic E-state index is 0.0380. The Morgan fingerprint density at radius 2 is 2.12 bits per heavy atom. The molecule has 2 N–H and O–H groups in total. The number of nitrogens with one attached hydrogen (secondary N) is 1. The van der Waals surface area contributed by atoms with E-state index in [1.807, 2.05) is 29.2 Å². The standard InChI is InChI=1S/C20H19N3O2/c1-13-9-17(24)7-8-18(13)22-20(25)16(11-21)12-23-14(2)10-15-5-3-4-6-19(15)23/h3-9,12,14,24H,10H2,1-2H3,(H,22,25)/b16-12-. The number of para-hydroxylation sites is 1. The fraction of sp³-hybridized carbons (Fsp3) is 0.200. The molecule has 1 aliphatic rings. The third kappa shape index (κ3) is 3.33. The fourth-order valence-electron chi connectivity index (χ4n) is 3.04. The van der Waals surface area contributed by atoms with Gasteiger partial charge in [-0.1, -0.05) is 18.2 Å². The van der Waals surface area contributed by atoms with Gasteiger partial charge >= 0.3 is 0 Å². The van der Waals surface area contributed by atoms with Crippen molar-refractivity contribution in [1.82, 2.24) is 0 Å². The number of phenolic OH excluding ortho intramolecular Hbond substituents is 1. The molecule has 0 aromatic heterocycles. The first-order valence-corrected chi connectivity index (χ1v) is 8.08. The Labute approximate surface area is 146 Å². The van der Waals surface area contributed by atoms with Crippen molar-refractivity contribution in [1.29, 1.82) is 5.26 Å². The molecule has 1 atom stereocenters. The first-order valence-electron chi connectivity index (χ1n) is 8.08. The number of aryl methyl sites for hydroxylation is 1. The van der Waals surface area contributed by atoms with Crippen molar-refractivity contribution in [2.75, 3.05) is 10.2 Å². The van der Waals surface area contributed by atoms with E-state index in [-0.39, 0.29) is 17.4 Å². The van der Waals surface area contributed by atoms with Gasteiger partial charge < -0.3 is 15.3 Å². The summed E-state index contributed by atoms with van der Waals surface area (Å²) in [6.45, 7) is 3.84. The molecule has 1 aliphatic heterocycles. The second-order valence-electron chi connectivity index (χ2n) is 6.20. The van der Waals surface area contributed by atoms with Gasteiger partial charge in [-0.15, -0.1) is 0 Å². The van der Waals surface area contributed by atoms with E-state index in [0.717, 1.165) is 17.7 Å². The van der Waals surface area contributed by atoms with Crippen LogP contribution in [0, 0.1) is 18.3 Å². The lowest BCUT2D eigenvalue weighted by Crippen LogP contribution is -2.26. The van der Waals surface area contributed by atoms with E-state index in [0.29, 0.717) is 5.69 Å². The van der Waals surface area contributed by atoms with Gasteiger partial charge in [0, 0.05) is 23.6 Å². The van der Waals surface area contributed by atoms with Gasteiger partial charge in [0.2, 0.25) is 0 Å². The number of carbonyl (C=O) groups excluding carboxylic acids is 1. The van der Waals surface area contributed by atoms with Gasteiger partial charge in [0.15, 0.2) is 0 Å². The molecule has 2 aromatic carbocycles. The molecule has 0 saturated heterocycles. The van der Waals surface area contributed by atoms with Crippen molar-refractivity contribution in [3.05, 3.63) is 65.4 Å². The molecule has 126 valence electrons. The Bertz CT molecular complexity index is 896. The molecule has 0 spiro atoms. The van der Waals surface area contributed by atoms with Crippen molar-refractivity contribution >= 4 is 17.3 Å². The number of amides is 1. The van der Waals surface area contributed by atoms with Crippen LogP contribution in [0.1, 0.15) is 18.1 Å². The van der Waals surface area contributed by atoms with Gasteiger partial charge in [-0.3, -0.25) is 4.79 Å². The summed E-state index contributed by atoms with van der Waals surface area (Å²) < 4.78 is 0. The largest absolute Gasteiger partial charge is 0.508 e. The van der Waals surface area contributed by atoms with Crippen LogP contribution >= 0.6 is 0 Å². The summed E-state index contributed by atoms with van der Waals surface area (Å²) in [6, 6.07) is 14.8. The molecular formula is C20H19N3O2. The van der Waals surface area contributed by atoms with Crippen LogP contribution in [0.15, 0.2) is 54.2 Å². The van der Waals surface area contributed by atoms with Crippen molar-refractivity contribution in [2.24, 2.45) is 0 Å². The summed E-state index contributed by atoms with van der Waals surface area (Å²) in [5, 5.41) is 21.6. The molecule has 0 fully saturated rings. The average molecular weight is 333 g/mol. The van der Waals surface area contributed by atoms with Crippen molar-refractivity contribution < 1.29 is 9.90 Å². The summed E-state index contributed by atoms with van der Waals surface area (Å²) in [4.78, 5) is 14.5. The maximum Gasteiger partial charge on any atom is 0.267 e. The molecule has 2 aromatic rings. The fourth-order valence-corrected chi connectivity index (χ4v) is 3.04. The number of hydrogen-bond donors (Lipinski definition) is 2.